The first-order valence-corrected chi connectivity index (χ1v) is 11.1. The number of anilines is 2. The number of likely N-dealkylation sites (tertiary alicyclic amines) is 1. The lowest BCUT2D eigenvalue weighted by molar-refractivity contribution is -0.920. The van der Waals surface area contributed by atoms with Gasteiger partial charge >= 0.3 is 0 Å². The summed E-state index contributed by atoms with van der Waals surface area (Å²) in [4.78, 5) is 28.3. The molecule has 3 N–H and O–H groups in total. The number of thiophene rings is 1. The highest BCUT2D eigenvalue weighted by Gasteiger charge is 2.29. The van der Waals surface area contributed by atoms with E-state index in [4.69, 9.17) is 0 Å². The van der Waals surface area contributed by atoms with Gasteiger partial charge in [0.2, 0.25) is 0 Å². The number of rotatable bonds is 5. The van der Waals surface area contributed by atoms with Crippen molar-refractivity contribution in [2.24, 2.45) is 0 Å². The highest BCUT2D eigenvalue weighted by molar-refractivity contribution is 7.17. The summed E-state index contributed by atoms with van der Waals surface area (Å²) in [6, 6.07) is 10.0. The van der Waals surface area contributed by atoms with Crippen molar-refractivity contribution in [1.29, 1.82) is 0 Å². The molecule has 5 nitrogen and oxygen atoms in total. The van der Waals surface area contributed by atoms with Crippen LogP contribution in [0.3, 0.4) is 0 Å². The third kappa shape index (κ3) is 4.13. The van der Waals surface area contributed by atoms with Gasteiger partial charge in [-0.05, 0) is 63.1 Å². The van der Waals surface area contributed by atoms with Gasteiger partial charge < -0.3 is 15.5 Å². The molecule has 1 saturated heterocycles. The van der Waals surface area contributed by atoms with Crippen LogP contribution < -0.4 is 15.5 Å². The van der Waals surface area contributed by atoms with Crippen molar-refractivity contribution in [2.45, 2.75) is 51.5 Å². The number of benzene rings is 1. The van der Waals surface area contributed by atoms with E-state index in [2.05, 4.69) is 17.6 Å². The molecule has 2 amide bonds. The van der Waals surface area contributed by atoms with Crippen LogP contribution in [0.4, 0.5) is 10.7 Å². The number of quaternary nitrogens is 1. The minimum atomic E-state index is -0.125. The van der Waals surface area contributed by atoms with Crippen molar-refractivity contribution < 1.29 is 14.5 Å². The molecule has 4 rings (SSSR count). The molecule has 0 spiro atoms. The fourth-order valence-corrected chi connectivity index (χ4v) is 5.64. The number of para-hydroxylation sites is 1. The molecule has 0 radical (unpaired) electrons. The average molecular weight is 399 g/mol. The molecule has 1 aliphatic heterocycles. The van der Waals surface area contributed by atoms with E-state index >= 15 is 0 Å². The zero-order chi connectivity index (χ0) is 19.5. The summed E-state index contributed by atoms with van der Waals surface area (Å²) >= 11 is 1.58. The van der Waals surface area contributed by atoms with Crippen LogP contribution in [0.2, 0.25) is 0 Å². The van der Waals surface area contributed by atoms with Gasteiger partial charge in [-0.2, -0.15) is 0 Å². The summed E-state index contributed by atoms with van der Waals surface area (Å²) in [5.74, 6) is -0.114. The third-order valence-electron chi connectivity index (χ3n) is 5.90. The van der Waals surface area contributed by atoms with E-state index in [9.17, 15) is 9.59 Å². The van der Waals surface area contributed by atoms with E-state index in [1.807, 2.05) is 30.3 Å². The van der Waals surface area contributed by atoms with Crippen molar-refractivity contribution in [3.05, 3.63) is 46.3 Å². The molecule has 28 heavy (non-hydrogen) atoms. The number of carbonyl (C=O) groups is 2. The molecule has 1 fully saturated rings. The quantitative estimate of drug-likeness (QED) is 0.725. The first kappa shape index (κ1) is 19.2. The first-order chi connectivity index (χ1) is 13.6. The van der Waals surface area contributed by atoms with Crippen molar-refractivity contribution in [3.63, 3.8) is 0 Å². The molecule has 2 atom stereocenters. The Morgan fingerprint density at radius 2 is 1.93 bits per heavy atom. The van der Waals surface area contributed by atoms with Crippen molar-refractivity contribution >= 4 is 33.8 Å². The molecule has 1 aliphatic carbocycles. The minimum Gasteiger partial charge on any atom is -0.325 e. The van der Waals surface area contributed by atoms with Crippen LogP contribution in [0.1, 0.15) is 53.4 Å². The summed E-state index contributed by atoms with van der Waals surface area (Å²) in [5.41, 5.74) is 2.55. The molecule has 2 heterocycles. The predicted molar refractivity (Wildman–Crippen MR) is 113 cm³/mol. The second kappa shape index (κ2) is 8.45. The molecule has 148 valence electrons. The number of hydrogen-bond acceptors (Lipinski definition) is 3. The van der Waals surface area contributed by atoms with Crippen LogP contribution in [-0.2, 0) is 17.6 Å². The zero-order valence-corrected chi connectivity index (χ0v) is 17.2. The van der Waals surface area contributed by atoms with Crippen LogP contribution in [0.25, 0.3) is 0 Å². The van der Waals surface area contributed by atoms with E-state index in [0.29, 0.717) is 23.2 Å². The Kier molecular flexibility index (Phi) is 5.78. The Hall–Kier alpha value is -2.18. The molecular weight excluding hydrogens is 370 g/mol. The van der Waals surface area contributed by atoms with Crippen LogP contribution in [0.5, 0.6) is 0 Å². The van der Waals surface area contributed by atoms with Crippen molar-refractivity contribution in [2.75, 3.05) is 23.7 Å². The maximum atomic E-state index is 13.0. The molecular formula is C22H28N3O2S+. The maximum Gasteiger partial charge on any atom is 0.280 e. The van der Waals surface area contributed by atoms with Gasteiger partial charge in [-0.25, -0.2) is 0 Å². The van der Waals surface area contributed by atoms with Gasteiger partial charge in [0.25, 0.3) is 11.8 Å². The highest BCUT2D eigenvalue weighted by atomic mass is 32.1. The van der Waals surface area contributed by atoms with Crippen LogP contribution in [0, 0.1) is 0 Å². The Labute approximate surface area is 170 Å². The number of fused-ring (bicyclic) bond motifs is 1. The minimum absolute atomic E-state index is 0.0115. The lowest BCUT2D eigenvalue weighted by atomic mass is 10.0. The molecule has 6 heteroatoms. The second-order valence-electron chi connectivity index (χ2n) is 7.91. The fraction of sp³-hybridized carbons (Fsp3) is 0.455. The van der Waals surface area contributed by atoms with Crippen LogP contribution in [0.15, 0.2) is 30.3 Å². The molecule has 2 aliphatic rings. The summed E-state index contributed by atoms with van der Waals surface area (Å²) in [6.45, 7) is 3.75. The Morgan fingerprint density at radius 3 is 2.71 bits per heavy atom. The number of carbonyl (C=O) groups excluding carboxylic acids is 2. The zero-order valence-electron chi connectivity index (χ0n) is 16.3. The monoisotopic (exact) mass is 398 g/mol. The van der Waals surface area contributed by atoms with Crippen LogP contribution in [-0.4, -0.2) is 30.9 Å². The number of nitrogens with one attached hydrogen (secondary N) is 3. The number of amides is 2. The predicted octanol–water partition coefficient (Wildman–Crippen LogP) is 2.88. The van der Waals surface area contributed by atoms with E-state index in [1.54, 1.807) is 11.3 Å². The number of aryl methyl sites for hydroxylation is 1. The van der Waals surface area contributed by atoms with Gasteiger partial charge in [0, 0.05) is 10.6 Å². The van der Waals surface area contributed by atoms with Crippen LogP contribution >= 0.6 is 11.3 Å². The molecule has 2 aromatic rings. The standard InChI is InChI=1S/C22H27N3O2S/c1-15-8-5-6-13-25(15)14-19(26)24-22-20(17-11-7-12-18(17)28-22)21(27)23-16-9-3-2-4-10-16/h2-4,9-10,15H,5-8,11-14H2,1H3,(H,23,27)(H,24,26)/p+1/t15-/m0/s1. The van der Waals surface area contributed by atoms with Gasteiger partial charge in [0.15, 0.2) is 6.54 Å². The summed E-state index contributed by atoms with van der Waals surface area (Å²) < 4.78 is 0. The van der Waals surface area contributed by atoms with Gasteiger partial charge in [0.05, 0.1) is 18.2 Å². The lowest BCUT2D eigenvalue weighted by Crippen LogP contribution is -3.17. The smallest absolute Gasteiger partial charge is 0.280 e. The maximum absolute atomic E-state index is 13.0. The Bertz CT molecular complexity index is 862. The van der Waals surface area contributed by atoms with E-state index in [0.717, 1.165) is 37.1 Å². The molecule has 1 aromatic carbocycles. The van der Waals surface area contributed by atoms with E-state index < -0.39 is 0 Å². The normalized spacial score (nSPS) is 21.2. The van der Waals surface area contributed by atoms with Gasteiger partial charge in [-0.1, -0.05) is 18.2 Å². The number of hydrogen-bond donors (Lipinski definition) is 3. The van der Waals surface area contributed by atoms with E-state index in [-0.39, 0.29) is 11.8 Å². The molecule has 0 saturated carbocycles. The number of piperidine rings is 1. The highest BCUT2D eigenvalue weighted by Crippen LogP contribution is 2.39. The molecule has 1 aromatic heterocycles. The SMILES string of the molecule is C[C@H]1CCCC[NH+]1CC(=O)Nc1sc2c(c1C(=O)Nc1ccccc1)CCC2. The lowest BCUT2D eigenvalue weighted by Gasteiger charge is -2.29. The first-order valence-electron chi connectivity index (χ1n) is 10.3. The van der Waals surface area contributed by atoms with Gasteiger partial charge in [-0.3, -0.25) is 9.59 Å². The Balaban J connectivity index is 1.51. The summed E-state index contributed by atoms with van der Waals surface area (Å²) in [6.07, 6.45) is 6.61. The van der Waals surface area contributed by atoms with Gasteiger partial charge in [-0.15, -0.1) is 11.3 Å². The topological polar surface area (TPSA) is 62.6 Å². The second-order valence-corrected chi connectivity index (χ2v) is 9.02. The third-order valence-corrected chi connectivity index (χ3v) is 7.11. The van der Waals surface area contributed by atoms with Crippen molar-refractivity contribution in [1.82, 2.24) is 0 Å². The summed E-state index contributed by atoms with van der Waals surface area (Å²) in [7, 11) is 0. The molecule has 0 bridgehead atoms. The Morgan fingerprint density at radius 1 is 1.11 bits per heavy atom. The van der Waals surface area contributed by atoms with E-state index in [1.165, 1.54) is 29.0 Å². The molecule has 1 unspecified atom stereocenters. The fourth-order valence-electron chi connectivity index (χ4n) is 4.34. The largest absolute Gasteiger partial charge is 0.325 e. The van der Waals surface area contributed by atoms with Crippen molar-refractivity contribution in [3.8, 4) is 0 Å². The average Bonchev–Trinajstić information content (AvgIpc) is 3.25. The summed E-state index contributed by atoms with van der Waals surface area (Å²) in [5, 5.41) is 6.77. The van der Waals surface area contributed by atoms with Gasteiger partial charge in [0.1, 0.15) is 5.00 Å².